The van der Waals surface area contributed by atoms with E-state index in [1.807, 2.05) is 20.8 Å². The van der Waals surface area contributed by atoms with Gasteiger partial charge in [-0.3, -0.25) is 0 Å². The summed E-state index contributed by atoms with van der Waals surface area (Å²) in [5.41, 5.74) is 5.44. The topological polar surface area (TPSA) is 83.0 Å². The SMILES string of the molecule is CC(C)(C)OC(=O)c1cn(C2CC(N)C2)nn1. The lowest BCUT2D eigenvalue weighted by Crippen LogP contribution is -2.37. The van der Waals surface area contributed by atoms with Crippen LogP contribution in [0.1, 0.15) is 50.1 Å². The number of carbonyl (C=O) groups is 1. The fraction of sp³-hybridized carbons (Fsp3) is 0.727. The standard InChI is InChI=1S/C11H18N4O2/c1-11(2,3)17-10(16)9-6-15(14-13-9)8-4-7(12)5-8/h6-8H,4-5,12H2,1-3H3. The summed E-state index contributed by atoms with van der Waals surface area (Å²) in [7, 11) is 0. The zero-order valence-electron chi connectivity index (χ0n) is 10.4. The van der Waals surface area contributed by atoms with Gasteiger partial charge in [0.25, 0.3) is 0 Å². The lowest BCUT2D eigenvalue weighted by molar-refractivity contribution is 0.00627. The second kappa shape index (κ2) is 4.10. The van der Waals surface area contributed by atoms with Gasteiger partial charge >= 0.3 is 5.97 Å². The molecule has 2 N–H and O–H groups in total. The number of hydrogen-bond donors (Lipinski definition) is 1. The third kappa shape index (κ3) is 2.82. The van der Waals surface area contributed by atoms with Crippen molar-refractivity contribution in [3.05, 3.63) is 11.9 Å². The molecule has 2 rings (SSSR count). The maximum Gasteiger partial charge on any atom is 0.361 e. The van der Waals surface area contributed by atoms with Crippen molar-refractivity contribution in [2.45, 2.75) is 51.3 Å². The molecule has 1 aromatic rings. The molecule has 94 valence electrons. The average molecular weight is 238 g/mol. The summed E-state index contributed by atoms with van der Waals surface area (Å²) >= 11 is 0. The minimum Gasteiger partial charge on any atom is -0.455 e. The van der Waals surface area contributed by atoms with Crippen LogP contribution < -0.4 is 5.73 Å². The Hall–Kier alpha value is -1.43. The zero-order chi connectivity index (χ0) is 12.6. The predicted molar refractivity (Wildman–Crippen MR) is 61.4 cm³/mol. The molecule has 0 radical (unpaired) electrons. The van der Waals surface area contributed by atoms with Gasteiger partial charge in [-0.15, -0.1) is 5.10 Å². The summed E-state index contributed by atoms with van der Waals surface area (Å²) in [6.45, 7) is 5.46. The molecule has 6 nitrogen and oxygen atoms in total. The van der Waals surface area contributed by atoms with E-state index in [-0.39, 0.29) is 17.8 Å². The number of hydrogen-bond acceptors (Lipinski definition) is 5. The molecule has 0 aliphatic heterocycles. The van der Waals surface area contributed by atoms with Crippen LogP contribution in [-0.2, 0) is 4.74 Å². The first kappa shape index (κ1) is 12.0. The van der Waals surface area contributed by atoms with Crippen LogP contribution in [0.2, 0.25) is 0 Å². The van der Waals surface area contributed by atoms with Crippen molar-refractivity contribution in [3.63, 3.8) is 0 Å². The summed E-state index contributed by atoms with van der Waals surface area (Å²) in [6.07, 6.45) is 3.40. The number of nitrogens with two attached hydrogens (primary N) is 1. The summed E-state index contributed by atoms with van der Waals surface area (Å²) in [5, 5.41) is 7.76. The van der Waals surface area contributed by atoms with Crippen LogP contribution in [0.15, 0.2) is 6.20 Å². The van der Waals surface area contributed by atoms with E-state index in [1.165, 1.54) is 0 Å². The molecule has 0 atom stereocenters. The highest BCUT2D eigenvalue weighted by Crippen LogP contribution is 2.29. The molecule has 0 amide bonds. The zero-order valence-corrected chi connectivity index (χ0v) is 10.4. The second-order valence-electron chi connectivity index (χ2n) is 5.47. The first-order chi connectivity index (χ1) is 7.85. The number of rotatable bonds is 2. The normalized spacial score (nSPS) is 24.2. The number of carbonyl (C=O) groups excluding carboxylic acids is 1. The van der Waals surface area contributed by atoms with Gasteiger partial charge in [0, 0.05) is 6.04 Å². The largest absolute Gasteiger partial charge is 0.455 e. The lowest BCUT2D eigenvalue weighted by atomic mass is 9.88. The van der Waals surface area contributed by atoms with Crippen LogP contribution in [-0.4, -0.2) is 32.6 Å². The Morgan fingerprint density at radius 1 is 1.53 bits per heavy atom. The number of ether oxygens (including phenoxy) is 1. The van der Waals surface area contributed by atoms with Crippen LogP contribution in [0.4, 0.5) is 0 Å². The molecule has 0 aromatic carbocycles. The molecule has 1 saturated carbocycles. The van der Waals surface area contributed by atoms with Crippen LogP contribution >= 0.6 is 0 Å². The monoisotopic (exact) mass is 238 g/mol. The molecule has 1 heterocycles. The Morgan fingerprint density at radius 2 is 2.18 bits per heavy atom. The molecular weight excluding hydrogens is 220 g/mol. The first-order valence-corrected chi connectivity index (χ1v) is 5.76. The molecule has 0 spiro atoms. The van der Waals surface area contributed by atoms with Gasteiger partial charge in [0.2, 0.25) is 0 Å². The average Bonchev–Trinajstić information content (AvgIpc) is 2.58. The highest BCUT2D eigenvalue weighted by molar-refractivity contribution is 5.87. The Labute approximate surface area is 100 Å². The third-order valence-corrected chi connectivity index (χ3v) is 2.64. The Kier molecular flexibility index (Phi) is 2.91. The van der Waals surface area contributed by atoms with Crippen LogP contribution in [0.5, 0.6) is 0 Å². The van der Waals surface area contributed by atoms with Crippen LogP contribution in [0.3, 0.4) is 0 Å². The maximum atomic E-state index is 11.7. The summed E-state index contributed by atoms with van der Waals surface area (Å²) < 4.78 is 6.91. The molecule has 1 aliphatic carbocycles. The molecule has 1 fully saturated rings. The predicted octanol–water partition coefficient (Wildman–Crippen LogP) is 0.896. The van der Waals surface area contributed by atoms with E-state index in [9.17, 15) is 4.79 Å². The molecule has 1 aromatic heterocycles. The quantitative estimate of drug-likeness (QED) is 0.774. The Morgan fingerprint density at radius 3 is 2.71 bits per heavy atom. The number of nitrogens with zero attached hydrogens (tertiary/aromatic N) is 3. The van der Waals surface area contributed by atoms with Gasteiger partial charge in [0.1, 0.15) is 5.60 Å². The molecule has 17 heavy (non-hydrogen) atoms. The van der Waals surface area contributed by atoms with Gasteiger partial charge < -0.3 is 10.5 Å². The smallest absolute Gasteiger partial charge is 0.361 e. The molecule has 0 unspecified atom stereocenters. The summed E-state index contributed by atoms with van der Waals surface area (Å²) in [4.78, 5) is 11.7. The van der Waals surface area contributed by atoms with Crippen LogP contribution in [0, 0.1) is 0 Å². The lowest BCUT2D eigenvalue weighted by Gasteiger charge is -2.31. The fourth-order valence-corrected chi connectivity index (χ4v) is 1.72. The van der Waals surface area contributed by atoms with Gasteiger partial charge in [0.05, 0.1) is 12.2 Å². The molecular formula is C11H18N4O2. The summed E-state index contributed by atoms with van der Waals surface area (Å²) in [5.74, 6) is -0.438. The van der Waals surface area contributed by atoms with E-state index >= 15 is 0 Å². The minimum absolute atomic E-state index is 0.245. The fourth-order valence-electron chi connectivity index (χ4n) is 1.72. The summed E-state index contributed by atoms with van der Waals surface area (Å²) in [6, 6.07) is 0.517. The van der Waals surface area contributed by atoms with Gasteiger partial charge in [-0.25, -0.2) is 9.48 Å². The second-order valence-corrected chi connectivity index (χ2v) is 5.47. The molecule has 6 heteroatoms. The number of aromatic nitrogens is 3. The van der Waals surface area contributed by atoms with Crippen molar-refractivity contribution in [1.82, 2.24) is 15.0 Å². The van der Waals surface area contributed by atoms with Crippen molar-refractivity contribution in [1.29, 1.82) is 0 Å². The Balaban J connectivity index is 2.01. The van der Waals surface area contributed by atoms with Crippen LogP contribution in [0.25, 0.3) is 0 Å². The molecule has 0 saturated heterocycles. The van der Waals surface area contributed by atoms with Crippen molar-refractivity contribution < 1.29 is 9.53 Å². The van der Waals surface area contributed by atoms with Gasteiger partial charge in [-0.2, -0.15) is 0 Å². The highest BCUT2D eigenvalue weighted by atomic mass is 16.6. The van der Waals surface area contributed by atoms with Gasteiger partial charge in [-0.1, -0.05) is 5.21 Å². The van der Waals surface area contributed by atoms with Crippen molar-refractivity contribution >= 4 is 5.97 Å². The van der Waals surface area contributed by atoms with Crippen molar-refractivity contribution in [2.24, 2.45) is 5.73 Å². The Bertz CT molecular complexity index is 415. The van der Waals surface area contributed by atoms with E-state index in [0.717, 1.165) is 12.8 Å². The van der Waals surface area contributed by atoms with Crippen molar-refractivity contribution in [3.8, 4) is 0 Å². The minimum atomic E-state index is -0.514. The third-order valence-electron chi connectivity index (χ3n) is 2.64. The van der Waals surface area contributed by atoms with E-state index in [0.29, 0.717) is 0 Å². The van der Waals surface area contributed by atoms with Gasteiger partial charge in [-0.05, 0) is 33.6 Å². The highest BCUT2D eigenvalue weighted by Gasteiger charge is 2.29. The van der Waals surface area contributed by atoms with Gasteiger partial charge in [0.15, 0.2) is 5.69 Å². The van der Waals surface area contributed by atoms with E-state index < -0.39 is 11.6 Å². The molecule has 1 aliphatic rings. The molecule has 0 bridgehead atoms. The number of esters is 1. The van der Waals surface area contributed by atoms with Crippen molar-refractivity contribution in [2.75, 3.05) is 0 Å². The van der Waals surface area contributed by atoms with E-state index in [2.05, 4.69) is 10.3 Å². The maximum absolute atomic E-state index is 11.7. The first-order valence-electron chi connectivity index (χ1n) is 5.76. The van der Waals surface area contributed by atoms with E-state index in [1.54, 1.807) is 10.9 Å². The van der Waals surface area contributed by atoms with E-state index in [4.69, 9.17) is 10.5 Å².